The Labute approximate surface area is 93.3 Å². The molecule has 0 bridgehead atoms. The molecule has 0 saturated carbocycles. The molecule has 0 saturated heterocycles. The van der Waals surface area contributed by atoms with Gasteiger partial charge in [-0.3, -0.25) is 9.88 Å². The summed E-state index contributed by atoms with van der Waals surface area (Å²) in [6.45, 7) is 11.1. The number of hydrogen-bond donors (Lipinski definition) is 0. The van der Waals surface area contributed by atoms with Crippen molar-refractivity contribution in [1.82, 2.24) is 9.88 Å². The SMILES string of the molecule is CCCN(Cc1ccccn1)C(C)(C)C. The molecule has 0 radical (unpaired) electrons. The van der Waals surface area contributed by atoms with Crippen LogP contribution in [0.15, 0.2) is 24.4 Å². The minimum atomic E-state index is 0.216. The first-order valence-electron chi connectivity index (χ1n) is 5.69. The molecule has 2 heteroatoms. The lowest BCUT2D eigenvalue weighted by Gasteiger charge is -2.35. The Balaban J connectivity index is 2.67. The van der Waals surface area contributed by atoms with E-state index in [0.29, 0.717) is 0 Å². The van der Waals surface area contributed by atoms with E-state index in [9.17, 15) is 0 Å². The van der Waals surface area contributed by atoms with Crippen LogP contribution in [0.1, 0.15) is 39.8 Å². The summed E-state index contributed by atoms with van der Waals surface area (Å²) >= 11 is 0. The Hall–Kier alpha value is -0.890. The van der Waals surface area contributed by atoms with E-state index >= 15 is 0 Å². The molecule has 0 atom stereocenters. The van der Waals surface area contributed by atoms with Gasteiger partial charge in [-0.1, -0.05) is 13.0 Å². The first-order chi connectivity index (χ1) is 7.04. The Kier molecular flexibility index (Phi) is 4.28. The van der Waals surface area contributed by atoms with Gasteiger partial charge in [0.15, 0.2) is 0 Å². The fourth-order valence-electron chi connectivity index (χ4n) is 1.61. The van der Waals surface area contributed by atoms with Crippen LogP contribution in [0.25, 0.3) is 0 Å². The second-order valence-corrected chi connectivity index (χ2v) is 4.91. The van der Waals surface area contributed by atoms with Crippen LogP contribution in [0.4, 0.5) is 0 Å². The van der Waals surface area contributed by atoms with Crippen molar-refractivity contribution in [1.29, 1.82) is 0 Å². The van der Waals surface area contributed by atoms with Crippen molar-refractivity contribution in [3.05, 3.63) is 30.1 Å². The summed E-state index contributed by atoms with van der Waals surface area (Å²) in [5, 5.41) is 0. The van der Waals surface area contributed by atoms with Gasteiger partial charge in [0.1, 0.15) is 0 Å². The van der Waals surface area contributed by atoms with Crippen LogP contribution in [-0.4, -0.2) is 22.0 Å². The summed E-state index contributed by atoms with van der Waals surface area (Å²) in [6, 6.07) is 6.11. The monoisotopic (exact) mass is 206 g/mol. The Morgan fingerprint density at radius 2 is 2.00 bits per heavy atom. The van der Waals surface area contributed by atoms with Crippen LogP contribution in [-0.2, 0) is 6.54 Å². The zero-order valence-electron chi connectivity index (χ0n) is 10.3. The Morgan fingerprint density at radius 3 is 2.47 bits per heavy atom. The molecule has 1 rings (SSSR count). The number of rotatable bonds is 4. The van der Waals surface area contributed by atoms with E-state index in [2.05, 4.69) is 49.7 Å². The minimum absolute atomic E-state index is 0.216. The van der Waals surface area contributed by atoms with E-state index in [0.717, 1.165) is 18.8 Å². The largest absolute Gasteiger partial charge is 0.293 e. The highest BCUT2D eigenvalue weighted by molar-refractivity contribution is 5.03. The van der Waals surface area contributed by atoms with Crippen molar-refractivity contribution < 1.29 is 0 Å². The average Bonchev–Trinajstić information content (AvgIpc) is 2.17. The molecule has 1 heterocycles. The number of pyridine rings is 1. The van der Waals surface area contributed by atoms with Crippen molar-refractivity contribution >= 4 is 0 Å². The molecule has 15 heavy (non-hydrogen) atoms. The first-order valence-corrected chi connectivity index (χ1v) is 5.69. The molecule has 0 aliphatic rings. The van der Waals surface area contributed by atoms with E-state index in [1.165, 1.54) is 6.42 Å². The Morgan fingerprint density at radius 1 is 1.27 bits per heavy atom. The summed E-state index contributed by atoms with van der Waals surface area (Å²) in [5.74, 6) is 0. The van der Waals surface area contributed by atoms with Crippen LogP contribution in [0.2, 0.25) is 0 Å². The maximum atomic E-state index is 4.37. The molecule has 0 fully saturated rings. The quantitative estimate of drug-likeness (QED) is 0.752. The van der Waals surface area contributed by atoms with Gasteiger partial charge in [0.25, 0.3) is 0 Å². The number of hydrogen-bond acceptors (Lipinski definition) is 2. The second-order valence-electron chi connectivity index (χ2n) is 4.91. The fraction of sp³-hybridized carbons (Fsp3) is 0.615. The van der Waals surface area contributed by atoms with Crippen LogP contribution in [0, 0.1) is 0 Å². The van der Waals surface area contributed by atoms with E-state index in [1.807, 2.05) is 12.3 Å². The maximum absolute atomic E-state index is 4.37. The highest BCUT2D eigenvalue weighted by Gasteiger charge is 2.20. The third-order valence-electron chi connectivity index (χ3n) is 2.52. The minimum Gasteiger partial charge on any atom is -0.293 e. The van der Waals surface area contributed by atoms with Crippen LogP contribution in [0.5, 0.6) is 0 Å². The van der Waals surface area contributed by atoms with Gasteiger partial charge < -0.3 is 0 Å². The summed E-state index contributed by atoms with van der Waals surface area (Å²) in [4.78, 5) is 6.84. The van der Waals surface area contributed by atoms with Gasteiger partial charge in [-0.05, 0) is 45.9 Å². The molecule has 84 valence electrons. The summed E-state index contributed by atoms with van der Waals surface area (Å²) in [5.41, 5.74) is 1.37. The van der Waals surface area contributed by atoms with Crippen molar-refractivity contribution in [2.24, 2.45) is 0 Å². The van der Waals surface area contributed by atoms with E-state index in [-0.39, 0.29) is 5.54 Å². The summed E-state index contributed by atoms with van der Waals surface area (Å²) < 4.78 is 0. The van der Waals surface area contributed by atoms with Crippen molar-refractivity contribution in [2.45, 2.75) is 46.2 Å². The zero-order valence-corrected chi connectivity index (χ0v) is 10.3. The maximum Gasteiger partial charge on any atom is 0.0544 e. The average molecular weight is 206 g/mol. The number of nitrogens with zero attached hydrogens (tertiary/aromatic N) is 2. The molecule has 1 aromatic rings. The topological polar surface area (TPSA) is 16.1 Å². The predicted molar refractivity (Wildman–Crippen MR) is 64.7 cm³/mol. The van der Waals surface area contributed by atoms with Crippen molar-refractivity contribution in [3.63, 3.8) is 0 Å². The van der Waals surface area contributed by atoms with Crippen molar-refractivity contribution in [2.75, 3.05) is 6.54 Å². The lowest BCUT2D eigenvalue weighted by atomic mass is 10.1. The highest BCUT2D eigenvalue weighted by Crippen LogP contribution is 2.16. The third kappa shape index (κ3) is 4.00. The highest BCUT2D eigenvalue weighted by atomic mass is 15.2. The van der Waals surface area contributed by atoms with Crippen LogP contribution >= 0.6 is 0 Å². The first kappa shape index (κ1) is 12.2. The van der Waals surface area contributed by atoms with Gasteiger partial charge in [0.2, 0.25) is 0 Å². The molecule has 0 aliphatic heterocycles. The normalized spacial score (nSPS) is 12.1. The lowest BCUT2D eigenvalue weighted by molar-refractivity contribution is 0.126. The van der Waals surface area contributed by atoms with Gasteiger partial charge in [-0.15, -0.1) is 0 Å². The number of aromatic nitrogens is 1. The van der Waals surface area contributed by atoms with Crippen LogP contribution in [0.3, 0.4) is 0 Å². The molecule has 2 nitrogen and oxygen atoms in total. The van der Waals surface area contributed by atoms with Gasteiger partial charge in [-0.25, -0.2) is 0 Å². The Bertz CT molecular complexity index is 274. The smallest absolute Gasteiger partial charge is 0.0544 e. The molecule has 0 aliphatic carbocycles. The van der Waals surface area contributed by atoms with Crippen molar-refractivity contribution in [3.8, 4) is 0 Å². The van der Waals surface area contributed by atoms with E-state index in [1.54, 1.807) is 0 Å². The van der Waals surface area contributed by atoms with Crippen LogP contribution < -0.4 is 0 Å². The van der Waals surface area contributed by atoms with Gasteiger partial charge >= 0.3 is 0 Å². The molecule has 0 amide bonds. The van der Waals surface area contributed by atoms with Gasteiger partial charge in [-0.2, -0.15) is 0 Å². The van der Waals surface area contributed by atoms with E-state index < -0.39 is 0 Å². The lowest BCUT2D eigenvalue weighted by Crippen LogP contribution is -2.41. The molecule has 0 unspecified atom stereocenters. The van der Waals surface area contributed by atoms with Gasteiger partial charge in [0.05, 0.1) is 5.69 Å². The van der Waals surface area contributed by atoms with E-state index in [4.69, 9.17) is 0 Å². The predicted octanol–water partition coefficient (Wildman–Crippen LogP) is 3.09. The van der Waals surface area contributed by atoms with Gasteiger partial charge in [0, 0.05) is 18.3 Å². The second kappa shape index (κ2) is 5.26. The molecule has 1 aromatic heterocycles. The summed E-state index contributed by atoms with van der Waals surface area (Å²) in [6.07, 6.45) is 3.05. The molecule has 0 N–H and O–H groups in total. The zero-order chi connectivity index (χ0) is 11.3. The molecule has 0 aromatic carbocycles. The third-order valence-corrected chi connectivity index (χ3v) is 2.52. The molecule has 0 spiro atoms. The standard InChI is InChI=1S/C13H22N2/c1-5-10-15(13(2,3)4)11-12-8-6-7-9-14-12/h6-9H,5,10-11H2,1-4H3. The summed E-state index contributed by atoms with van der Waals surface area (Å²) in [7, 11) is 0. The molecular weight excluding hydrogens is 184 g/mol. The molecular formula is C13H22N2. The fourth-order valence-corrected chi connectivity index (χ4v) is 1.61.